The Kier molecular flexibility index (Phi) is 6.58. The van der Waals surface area contributed by atoms with Gasteiger partial charge < -0.3 is 25.4 Å². The Balaban J connectivity index is 1.23. The Labute approximate surface area is 236 Å². The highest BCUT2D eigenvalue weighted by Crippen LogP contribution is 2.39. The zero-order valence-electron chi connectivity index (χ0n) is 22.5. The first-order valence-corrected chi connectivity index (χ1v) is 14.2. The van der Waals surface area contributed by atoms with Gasteiger partial charge in [-0.3, -0.25) is 4.90 Å². The third kappa shape index (κ3) is 4.80. The lowest BCUT2D eigenvalue weighted by atomic mass is 9.77. The molecule has 12 nitrogen and oxygen atoms in total. The summed E-state index contributed by atoms with van der Waals surface area (Å²) in [6, 6.07) is 7.59. The van der Waals surface area contributed by atoms with E-state index in [1.165, 1.54) is 16.8 Å². The van der Waals surface area contributed by atoms with Crippen molar-refractivity contribution in [2.45, 2.75) is 56.3 Å². The van der Waals surface area contributed by atoms with E-state index in [0.717, 1.165) is 32.1 Å². The summed E-state index contributed by atoms with van der Waals surface area (Å²) in [6.07, 6.45) is 6.21. The van der Waals surface area contributed by atoms with Crippen molar-refractivity contribution in [1.82, 2.24) is 24.5 Å². The second kappa shape index (κ2) is 10.4. The SMILES string of the molecule is N#Cc1cc(Nc2nc(NC3CC3)c3ncc(C#N)n3n2)c(F)c(N2CCN(C3COC[C@@H]3O)CC2C2CCC2)c1. The van der Waals surface area contributed by atoms with Gasteiger partial charge in [-0.15, -0.1) is 5.10 Å². The van der Waals surface area contributed by atoms with Gasteiger partial charge in [0.2, 0.25) is 5.95 Å². The number of halogens is 1. The van der Waals surface area contributed by atoms with E-state index in [4.69, 9.17) is 4.74 Å². The van der Waals surface area contributed by atoms with Gasteiger partial charge in [-0.05, 0) is 43.7 Å². The van der Waals surface area contributed by atoms with E-state index in [-0.39, 0.29) is 35.5 Å². The molecule has 0 radical (unpaired) electrons. The smallest absolute Gasteiger partial charge is 0.247 e. The van der Waals surface area contributed by atoms with E-state index in [2.05, 4.69) is 47.6 Å². The fourth-order valence-electron chi connectivity index (χ4n) is 6.16. The molecule has 4 aliphatic rings. The van der Waals surface area contributed by atoms with E-state index < -0.39 is 11.9 Å². The maximum absolute atomic E-state index is 16.4. The summed E-state index contributed by atoms with van der Waals surface area (Å²) in [5, 5.41) is 40.6. The quantitative estimate of drug-likeness (QED) is 0.392. The molecular formula is C28H31FN10O2. The molecule has 2 saturated heterocycles. The molecule has 2 aromatic heterocycles. The third-order valence-corrected chi connectivity index (χ3v) is 8.77. The van der Waals surface area contributed by atoms with Crippen LogP contribution in [0.1, 0.15) is 43.4 Å². The zero-order chi connectivity index (χ0) is 28.1. The molecule has 4 fully saturated rings. The van der Waals surface area contributed by atoms with Crippen LogP contribution in [-0.4, -0.2) is 86.7 Å². The van der Waals surface area contributed by atoms with Gasteiger partial charge in [0.05, 0.1) is 54.6 Å². The molecular weight excluding hydrogens is 527 g/mol. The molecule has 212 valence electrons. The number of hydrogen-bond donors (Lipinski definition) is 3. The minimum atomic E-state index is -0.522. The van der Waals surface area contributed by atoms with Crippen molar-refractivity contribution in [1.29, 1.82) is 10.5 Å². The summed E-state index contributed by atoms with van der Waals surface area (Å²) in [7, 11) is 0. The summed E-state index contributed by atoms with van der Waals surface area (Å²) in [4.78, 5) is 13.2. The molecule has 0 spiro atoms. The number of aliphatic hydroxyl groups excluding tert-OH is 1. The molecule has 2 unspecified atom stereocenters. The van der Waals surface area contributed by atoms with E-state index in [1.807, 2.05) is 0 Å². The molecule has 3 atom stereocenters. The Morgan fingerprint density at radius 2 is 1.93 bits per heavy atom. The number of piperazine rings is 1. The van der Waals surface area contributed by atoms with Gasteiger partial charge in [-0.25, -0.2) is 9.37 Å². The number of nitriles is 2. The normalized spacial score (nSPS) is 25.1. The lowest BCUT2D eigenvalue weighted by Gasteiger charge is -2.50. The maximum Gasteiger partial charge on any atom is 0.247 e. The molecule has 3 N–H and O–H groups in total. The fraction of sp³-hybridized carbons (Fsp3) is 0.536. The predicted octanol–water partition coefficient (Wildman–Crippen LogP) is 2.38. The van der Waals surface area contributed by atoms with Crippen LogP contribution in [0.15, 0.2) is 18.3 Å². The number of aromatic nitrogens is 4. The molecule has 7 rings (SSSR count). The lowest BCUT2D eigenvalue weighted by Crippen LogP contribution is -2.61. The topological polar surface area (TPSA) is 151 Å². The molecule has 41 heavy (non-hydrogen) atoms. The summed E-state index contributed by atoms with van der Waals surface area (Å²) >= 11 is 0. The highest BCUT2D eigenvalue weighted by Gasteiger charge is 2.41. The predicted molar refractivity (Wildman–Crippen MR) is 147 cm³/mol. The minimum absolute atomic E-state index is 0.0488. The third-order valence-electron chi connectivity index (χ3n) is 8.77. The molecule has 1 aromatic carbocycles. The second-order valence-corrected chi connectivity index (χ2v) is 11.4. The highest BCUT2D eigenvalue weighted by molar-refractivity contribution is 5.70. The van der Waals surface area contributed by atoms with Crippen molar-refractivity contribution < 1.29 is 14.2 Å². The standard InChI is InChI=1S/C28H31FN10O2/c29-25-20(34-28-35-26(33-18-4-5-18)27-32-12-19(11-31)39(27)36-28)8-16(10-30)9-21(25)38-7-6-37(23-14-41-15-24(23)40)13-22(38)17-2-1-3-17/h8-9,12,17-18,22-24,40H,1-7,13-15H2,(H2,33,34,35,36)/t22?,23?,24-/m0/s1. The monoisotopic (exact) mass is 558 g/mol. The van der Waals surface area contributed by atoms with Crippen LogP contribution in [0.4, 0.5) is 27.5 Å². The average Bonchev–Trinajstić information content (AvgIpc) is 3.50. The van der Waals surface area contributed by atoms with Gasteiger partial charge in [0, 0.05) is 31.7 Å². The van der Waals surface area contributed by atoms with Crippen LogP contribution in [0.3, 0.4) is 0 Å². The van der Waals surface area contributed by atoms with Crippen LogP contribution in [-0.2, 0) is 4.74 Å². The van der Waals surface area contributed by atoms with Crippen LogP contribution in [0, 0.1) is 34.4 Å². The minimum Gasteiger partial charge on any atom is -0.389 e. The van der Waals surface area contributed by atoms with E-state index in [0.29, 0.717) is 61.5 Å². The van der Waals surface area contributed by atoms with E-state index >= 15 is 4.39 Å². The van der Waals surface area contributed by atoms with Gasteiger partial charge >= 0.3 is 0 Å². The number of nitrogens with zero attached hydrogens (tertiary/aromatic N) is 8. The second-order valence-electron chi connectivity index (χ2n) is 11.4. The number of benzene rings is 1. The molecule has 3 aromatic rings. The van der Waals surface area contributed by atoms with Crippen LogP contribution < -0.4 is 15.5 Å². The average molecular weight is 559 g/mol. The molecule has 2 aliphatic heterocycles. The fourth-order valence-corrected chi connectivity index (χ4v) is 6.16. The van der Waals surface area contributed by atoms with Crippen molar-refractivity contribution in [2.75, 3.05) is 48.4 Å². The Morgan fingerprint density at radius 1 is 1.07 bits per heavy atom. The van der Waals surface area contributed by atoms with Gasteiger partial charge in [-0.1, -0.05) is 6.42 Å². The molecule has 13 heteroatoms. The Hall–Kier alpha value is -4.04. The number of fused-ring (bicyclic) bond motifs is 1. The van der Waals surface area contributed by atoms with Crippen molar-refractivity contribution in [3.63, 3.8) is 0 Å². The molecule has 0 amide bonds. The number of aliphatic hydroxyl groups is 1. The van der Waals surface area contributed by atoms with Crippen molar-refractivity contribution in [2.24, 2.45) is 5.92 Å². The summed E-state index contributed by atoms with van der Waals surface area (Å²) in [5.74, 6) is 0.470. The Morgan fingerprint density at radius 3 is 2.61 bits per heavy atom. The van der Waals surface area contributed by atoms with Crippen LogP contribution in [0.25, 0.3) is 5.65 Å². The van der Waals surface area contributed by atoms with E-state index in [9.17, 15) is 15.6 Å². The molecule has 4 heterocycles. The van der Waals surface area contributed by atoms with Gasteiger partial charge in [-0.2, -0.15) is 20.0 Å². The lowest BCUT2D eigenvalue weighted by molar-refractivity contribution is 0.0552. The van der Waals surface area contributed by atoms with Gasteiger partial charge in [0.15, 0.2) is 23.0 Å². The number of nitrogens with one attached hydrogen (secondary N) is 2. The summed E-state index contributed by atoms with van der Waals surface area (Å²) in [6.45, 7) is 2.75. The van der Waals surface area contributed by atoms with Gasteiger partial charge in [0.25, 0.3) is 0 Å². The largest absolute Gasteiger partial charge is 0.389 e. The maximum atomic E-state index is 16.4. The first-order chi connectivity index (χ1) is 20.0. The Bertz CT molecular complexity index is 1560. The number of hydrogen-bond acceptors (Lipinski definition) is 11. The van der Waals surface area contributed by atoms with E-state index in [1.54, 1.807) is 6.07 Å². The number of anilines is 4. The number of ether oxygens (including phenoxy) is 1. The van der Waals surface area contributed by atoms with Crippen molar-refractivity contribution in [3.05, 3.63) is 35.4 Å². The van der Waals surface area contributed by atoms with Crippen molar-refractivity contribution in [3.8, 4) is 12.1 Å². The number of imidazole rings is 1. The van der Waals surface area contributed by atoms with Crippen LogP contribution >= 0.6 is 0 Å². The highest BCUT2D eigenvalue weighted by atomic mass is 19.1. The first-order valence-electron chi connectivity index (χ1n) is 14.2. The van der Waals surface area contributed by atoms with Crippen LogP contribution in [0.2, 0.25) is 0 Å². The molecule has 0 bridgehead atoms. The summed E-state index contributed by atoms with van der Waals surface area (Å²) in [5.41, 5.74) is 1.42. The number of rotatable bonds is 7. The van der Waals surface area contributed by atoms with Crippen LogP contribution in [0.5, 0.6) is 0 Å². The molecule has 2 aliphatic carbocycles. The van der Waals surface area contributed by atoms with Gasteiger partial charge in [0.1, 0.15) is 6.07 Å². The first kappa shape index (κ1) is 25.9. The molecule has 2 saturated carbocycles. The van der Waals surface area contributed by atoms with Crippen molar-refractivity contribution >= 4 is 28.8 Å². The summed E-state index contributed by atoms with van der Waals surface area (Å²) < 4.78 is 23.3. The zero-order valence-corrected chi connectivity index (χ0v) is 22.5.